The van der Waals surface area contributed by atoms with Gasteiger partial charge in [0, 0.05) is 16.3 Å². The molecule has 0 saturated heterocycles. The van der Waals surface area contributed by atoms with E-state index in [9.17, 15) is 18.0 Å². The van der Waals surface area contributed by atoms with Crippen LogP contribution in [0.15, 0.2) is 22.7 Å². The van der Waals surface area contributed by atoms with Gasteiger partial charge < -0.3 is 5.32 Å². The van der Waals surface area contributed by atoms with E-state index in [0.717, 1.165) is 18.6 Å². The minimum atomic E-state index is -4.46. The molecule has 0 spiro atoms. The number of carbonyl (C=O) groups excluding carboxylic acids is 1. The smallest absolute Gasteiger partial charge is 0.352 e. The number of amides is 1. The van der Waals surface area contributed by atoms with Gasteiger partial charge in [-0.2, -0.15) is 24.9 Å². The van der Waals surface area contributed by atoms with Crippen molar-refractivity contribution in [3.8, 4) is 0 Å². The van der Waals surface area contributed by atoms with Crippen LogP contribution in [0.2, 0.25) is 0 Å². The van der Waals surface area contributed by atoms with E-state index in [0.29, 0.717) is 16.3 Å². The molecule has 0 bridgehead atoms. The van der Waals surface area contributed by atoms with Gasteiger partial charge in [0.2, 0.25) is 0 Å². The zero-order chi connectivity index (χ0) is 15.3. The van der Waals surface area contributed by atoms with Crippen LogP contribution < -0.4 is 5.32 Å². The Kier molecular flexibility index (Phi) is 6.39. The number of benzene rings is 1. The number of rotatable bonds is 5. The third kappa shape index (κ3) is 5.01. The number of thioether (sulfide) groups is 1. The lowest BCUT2D eigenvalue weighted by molar-refractivity contribution is -0.137. The van der Waals surface area contributed by atoms with Crippen molar-refractivity contribution in [1.82, 2.24) is 5.32 Å². The van der Waals surface area contributed by atoms with Crippen molar-refractivity contribution in [2.24, 2.45) is 0 Å². The number of hydrogen-bond donors (Lipinski definition) is 1. The summed E-state index contributed by atoms with van der Waals surface area (Å²) >= 11 is 4.77. The summed E-state index contributed by atoms with van der Waals surface area (Å²) in [6, 6.07) is 3.04. The van der Waals surface area contributed by atoms with E-state index < -0.39 is 17.6 Å². The quantitative estimate of drug-likeness (QED) is 0.836. The molecule has 1 N–H and O–H groups in total. The van der Waals surface area contributed by atoms with Crippen LogP contribution in [-0.2, 0) is 6.18 Å². The molecule has 0 saturated carbocycles. The van der Waals surface area contributed by atoms with Crippen LogP contribution in [0.5, 0.6) is 0 Å². The van der Waals surface area contributed by atoms with Gasteiger partial charge in [-0.1, -0.05) is 6.92 Å². The second-order valence-corrected chi connectivity index (χ2v) is 6.41. The van der Waals surface area contributed by atoms with Crippen molar-refractivity contribution in [2.45, 2.75) is 24.8 Å². The highest BCUT2D eigenvalue weighted by Crippen LogP contribution is 2.31. The molecule has 0 radical (unpaired) electrons. The number of nitrogens with one attached hydrogen (secondary N) is 1. The molecule has 1 rings (SSSR count). The third-order valence-corrected chi connectivity index (χ3v) is 4.51. The summed E-state index contributed by atoms with van der Waals surface area (Å²) in [5, 5.41) is 3.02. The topological polar surface area (TPSA) is 29.1 Å². The number of hydrogen-bond acceptors (Lipinski definition) is 2. The van der Waals surface area contributed by atoms with Crippen LogP contribution >= 0.6 is 27.7 Å². The van der Waals surface area contributed by atoms with Gasteiger partial charge in [-0.25, -0.2) is 0 Å². The summed E-state index contributed by atoms with van der Waals surface area (Å²) in [5.74, 6) is -0.503. The zero-order valence-corrected chi connectivity index (χ0v) is 13.5. The second kappa shape index (κ2) is 7.36. The standard InChI is InChI=1S/C13H15BrF3NOS/c1-8(20-2)5-6-18-12(19)10-7-9(13(15,16)17)3-4-11(10)14/h3-4,7-8H,5-6H2,1-2H3,(H,18,19). The molecule has 0 aromatic heterocycles. The van der Waals surface area contributed by atoms with Crippen molar-refractivity contribution in [3.63, 3.8) is 0 Å². The maximum atomic E-state index is 12.6. The van der Waals surface area contributed by atoms with E-state index in [1.807, 2.05) is 13.2 Å². The number of carbonyl (C=O) groups is 1. The Morgan fingerprint density at radius 2 is 2.10 bits per heavy atom. The highest BCUT2D eigenvalue weighted by atomic mass is 79.9. The fourth-order valence-corrected chi connectivity index (χ4v) is 2.26. The molecule has 1 unspecified atom stereocenters. The summed E-state index contributed by atoms with van der Waals surface area (Å²) in [4.78, 5) is 11.9. The van der Waals surface area contributed by atoms with E-state index in [1.165, 1.54) is 6.07 Å². The molecule has 2 nitrogen and oxygen atoms in total. The number of halogens is 4. The molecular weight excluding hydrogens is 355 g/mol. The van der Waals surface area contributed by atoms with Gasteiger partial charge in [-0.05, 0) is 46.8 Å². The molecular formula is C13H15BrF3NOS. The average Bonchev–Trinajstić information content (AvgIpc) is 2.37. The average molecular weight is 370 g/mol. The first-order chi connectivity index (χ1) is 9.25. The molecule has 7 heteroatoms. The summed E-state index contributed by atoms with van der Waals surface area (Å²) in [7, 11) is 0. The molecule has 112 valence electrons. The summed E-state index contributed by atoms with van der Waals surface area (Å²) < 4.78 is 38.2. The lowest BCUT2D eigenvalue weighted by Crippen LogP contribution is -2.26. The second-order valence-electron chi connectivity index (χ2n) is 4.28. The molecule has 0 heterocycles. The van der Waals surface area contributed by atoms with Crippen LogP contribution in [-0.4, -0.2) is 24.0 Å². The maximum Gasteiger partial charge on any atom is 0.416 e. The normalized spacial score (nSPS) is 13.1. The summed E-state index contributed by atoms with van der Waals surface area (Å²) in [6.45, 7) is 2.46. The van der Waals surface area contributed by atoms with E-state index in [1.54, 1.807) is 11.8 Å². The third-order valence-electron chi connectivity index (χ3n) is 2.78. The largest absolute Gasteiger partial charge is 0.416 e. The van der Waals surface area contributed by atoms with Gasteiger partial charge >= 0.3 is 6.18 Å². The SMILES string of the molecule is CSC(C)CCNC(=O)c1cc(C(F)(F)F)ccc1Br. The van der Waals surface area contributed by atoms with Gasteiger partial charge in [-0.15, -0.1) is 0 Å². The molecule has 1 amide bonds. The van der Waals surface area contributed by atoms with Crippen LogP contribution in [0.3, 0.4) is 0 Å². The predicted octanol–water partition coefficient (Wildman–Crippen LogP) is 4.34. The monoisotopic (exact) mass is 369 g/mol. The first-order valence-electron chi connectivity index (χ1n) is 5.93. The van der Waals surface area contributed by atoms with Crippen LogP contribution in [0, 0.1) is 0 Å². The van der Waals surface area contributed by atoms with E-state index in [4.69, 9.17) is 0 Å². The molecule has 0 aliphatic rings. The van der Waals surface area contributed by atoms with Crippen LogP contribution in [0.1, 0.15) is 29.3 Å². The van der Waals surface area contributed by atoms with Crippen molar-refractivity contribution in [1.29, 1.82) is 0 Å². The van der Waals surface area contributed by atoms with Gasteiger partial charge in [0.05, 0.1) is 11.1 Å². The van der Waals surface area contributed by atoms with E-state index in [2.05, 4.69) is 21.2 Å². The molecule has 20 heavy (non-hydrogen) atoms. The Bertz CT molecular complexity index is 479. The fourth-order valence-electron chi connectivity index (χ4n) is 1.48. The molecule has 1 aromatic rings. The Hall–Kier alpha value is -0.690. The lowest BCUT2D eigenvalue weighted by atomic mass is 10.1. The Balaban J connectivity index is 2.77. The van der Waals surface area contributed by atoms with Gasteiger partial charge in [0.15, 0.2) is 0 Å². The van der Waals surface area contributed by atoms with Gasteiger partial charge in [0.1, 0.15) is 0 Å². The molecule has 1 atom stereocenters. The van der Waals surface area contributed by atoms with Crippen molar-refractivity contribution in [3.05, 3.63) is 33.8 Å². The minimum Gasteiger partial charge on any atom is -0.352 e. The van der Waals surface area contributed by atoms with Crippen molar-refractivity contribution < 1.29 is 18.0 Å². The first kappa shape index (κ1) is 17.4. The van der Waals surface area contributed by atoms with E-state index >= 15 is 0 Å². The summed E-state index contributed by atoms with van der Waals surface area (Å²) in [6.07, 6.45) is -1.72. The summed E-state index contributed by atoms with van der Waals surface area (Å²) in [5.41, 5.74) is -0.833. The molecule has 1 aromatic carbocycles. The minimum absolute atomic E-state index is 0.00312. The number of alkyl halides is 3. The molecule has 0 fully saturated rings. The first-order valence-corrected chi connectivity index (χ1v) is 8.01. The fraction of sp³-hybridized carbons (Fsp3) is 0.462. The van der Waals surface area contributed by atoms with Gasteiger partial charge in [0.25, 0.3) is 5.91 Å². The Morgan fingerprint density at radius 3 is 2.65 bits per heavy atom. The molecule has 0 aliphatic carbocycles. The van der Waals surface area contributed by atoms with Crippen LogP contribution in [0.4, 0.5) is 13.2 Å². The van der Waals surface area contributed by atoms with Crippen molar-refractivity contribution in [2.75, 3.05) is 12.8 Å². The molecule has 0 aliphatic heterocycles. The highest BCUT2D eigenvalue weighted by molar-refractivity contribution is 9.10. The van der Waals surface area contributed by atoms with Crippen LogP contribution in [0.25, 0.3) is 0 Å². The van der Waals surface area contributed by atoms with E-state index in [-0.39, 0.29) is 5.56 Å². The van der Waals surface area contributed by atoms with Crippen molar-refractivity contribution >= 4 is 33.6 Å². The Labute approximate surface area is 128 Å². The maximum absolute atomic E-state index is 12.6. The highest BCUT2D eigenvalue weighted by Gasteiger charge is 2.31. The zero-order valence-electron chi connectivity index (χ0n) is 11.1. The lowest BCUT2D eigenvalue weighted by Gasteiger charge is -2.12. The Morgan fingerprint density at radius 1 is 1.45 bits per heavy atom. The predicted molar refractivity (Wildman–Crippen MR) is 79.1 cm³/mol. The van der Waals surface area contributed by atoms with Gasteiger partial charge in [-0.3, -0.25) is 4.79 Å².